The largest absolute Gasteiger partial charge is 0.315 e. The molecule has 0 aliphatic carbocycles. The van der Waals surface area contributed by atoms with Crippen LogP contribution in [0.3, 0.4) is 0 Å². The number of nitrogens with zero attached hydrogens (tertiary/aromatic N) is 1. The van der Waals surface area contributed by atoms with Crippen molar-refractivity contribution < 1.29 is 12.8 Å². The average Bonchev–Trinajstić information content (AvgIpc) is 2.61. The van der Waals surface area contributed by atoms with Crippen molar-refractivity contribution in [1.82, 2.24) is 9.62 Å². The van der Waals surface area contributed by atoms with Gasteiger partial charge in [-0.05, 0) is 37.6 Å². The fourth-order valence-corrected chi connectivity index (χ4v) is 3.64. The van der Waals surface area contributed by atoms with E-state index in [0.29, 0.717) is 19.6 Å². The molecule has 4 nitrogen and oxygen atoms in total. The molecule has 0 bridgehead atoms. The predicted octanol–water partition coefficient (Wildman–Crippen LogP) is 1.54. The highest BCUT2D eigenvalue weighted by Gasteiger charge is 2.27. The standard InChI is InChI=1S/C12H17FN2O2S.ClH/c1-10-3-4-11(13)12(9-10)18(16,17)15-7-2-5-14-6-8-15;/h3-4,9,14H,2,5-8H2,1H3;1H. The monoisotopic (exact) mass is 308 g/mol. The Morgan fingerprint density at radius 3 is 2.74 bits per heavy atom. The van der Waals surface area contributed by atoms with E-state index in [-0.39, 0.29) is 17.3 Å². The van der Waals surface area contributed by atoms with E-state index < -0.39 is 15.8 Å². The summed E-state index contributed by atoms with van der Waals surface area (Å²) in [5, 5.41) is 3.13. The van der Waals surface area contributed by atoms with E-state index in [0.717, 1.165) is 18.5 Å². The molecule has 1 heterocycles. The Balaban J connectivity index is 0.00000180. The molecule has 1 N–H and O–H groups in total. The Morgan fingerprint density at radius 2 is 2.00 bits per heavy atom. The van der Waals surface area contributed by atoms with E-state index in [1.165, 1.54) is 16.4 Å². The third kappa shape index (κ3) is 3.66. The average molecular weight is 309 g/mol. The van der Waals surface area contributed by atoms with E-state index in [2.05, 4.69) is 5.32 Å². The van der Waals surface area contributed by atoms with E-state index in [9.17, 15) is 12.8 Å². The van der Waals surface area contributed by atoms with Gasteiger partial charge in [0.05, 0.1) is 0 Å². The highest BCUT2D eigenvalue weighted by molar-refractivity contribution is 7.89. The molecule has 0 atom stereocenters. The van der Waals surface area contributed by atoms with Crippen LogP contribution < -0.4 is 5.32 Å². The molecule has 0 unspecified atom stereocenters. The molecule has 0 radical (unpaired) electrons. The van der Waals surface area contributed by atoms with Gasteiger partial charge >= 0.3 is 0 Å². The summed E-state index contributed by atoms with van der Waals surface area (Å²) in [6.45, 7) is 3.97. The number of aryl methyl sites for hydroxylation is 1. The van der Waals surface area contributed by atoms with E-state index in [1.54, 1.807) is 13.0 Å². The Kier molecular flexibility index (Phi) is 5.73. The number of hydrogen-bond acceptors (Lipinski definition) is 3. The van der Waals surface area contributed by atoms with Crippen LogP contribution in [0.15, 0.2) is 23.1 Å². The summed E-state index contributed by atoms with van der Waals surface area (Å²) >= 11 is 0. The molecular weight excluding hydrogens is 291 g/mol. The summed E-state index contributed by atoms with van der Waals surface area (Å²) in [7, 11) is -3.72. The Hall–Kier alpha value is -0.690. The Bertz CT molecular complexity index is 529. The van der Waals surface area contributed by atoms with Gasteiger partial charge in [0, 0.05) is 19.6 Å². The second kappa shape index (κ2) is 6.65. The molecule has 1 aliphatic heterocycles. The molecule has 19 heavy (non-hydrogen) atoms. The zero-order valence-corrected chi connectivity index (χ0v) is 12.4. The zero-order valence-electron chi connectivity index (χ0n) is 10.7. The lowest BCUT2D eigenvalue weighted by Crippen LogP contribution is -2.34. The lowest BCUT2D eigenvalue weighted by molar-refractivity contribution is 0.427. The van der Waals surface area contributed by atoms with Gasteiger partial charge < -0.3 is 5.32 Å². The second-order valence-corrected chi connectivity index (χ2v) is 6.35. The molecule has 1 aromatic carbocycles. The SMILES string of the molecule is Cc1ccc(F)c(S(=O)(=O)N2CCCNCC2)c1.Cl. The number of rotatable bonds is 2. The number of hydrogen-bond donors (Lipinski definition) is 1. The Morgan fingerprint density at radius 1 is 1.26 bits per heavy atom. The van der Waals surface area contributed by atoms with Crippen LogP contribution in [0.5, 0.6) is 0 Å². The maximum absolute atomic E-state index is 13.7. The van der Waals surface area contributed by atoms with E-state index in [1.807, 2.05) is 0 Å². The fraction of sp³-hybridized carbons (Fsp3) is 0.500. The predicted molar refractivity (Wildman–Crippen MR) is 74.6 cm³/mol. The number of sulfonamides is 1. The lowest BCUT2D eigenvalue weighted by Gasteiger charge is -2.20. The minimum Gasteiger partial charge on any atom is -0.315 e. The van der Waals surface area contributed by atoms with Gasteiger partial charge in [-0.25, -0.2) is 12.8 Å². The molecule has 1 aromatic rings. The van der Waals surface area contributed by atoms with E-state index in [4.69, 9.17) is 0 Å². The summed E-state index contributed by atoms with van der Waals surface area (Å²) < 4.78 is 39.8. The molecule has 0 aromatic heterocycles. The van der Waals surface area contributed by atoms with Crippen LogP contribution in [0.25, 0.3) is 0 Å². The second-order valence-electron chi connectivity index (χ2n) is 4.44. The minimum atomic E-state index is -3.72. The van der Waals surface area contributed by atoms with Crippen LogP contribution in [0.2, 0.25) is 0 Å². The van der Waals surface area contributed by atoms with Crippen LogP contribution in [0, 0.1) is 12.7 Å². The van der Waals surface area contributed by atoms with Gasteiger partial charge in [-0.1, -0.05) is 6.07 Å². The van der Waals surface area contributed by atoms with Gasteiger partial charge in [0.15, 0.2) is 0 Å². The molecule has 1 saturated heterocycles. The third-order valence-corrected chi connectivity index (χ3v) is 4.92. The molecule has 2 rings (SSSR count). The smallest absolute Gasteiger partial charge is 0.246 e. The number of benzene rings is 1. The first-order valence-electron chi connectivity index (χ1n) is 5.99. The van der Waals surface area contributed by atoms with Gasteiger partial charge in [0.2, 0.25) is 10.0 Å². The first kappa shape index (κ1) is 16.4. The van der Waals surface area contributed by atoms with Gasteiger partial charge in [-0.2, -0.15) is 4.31 Å². The molecule has 1 fully saturated rings. The summed E-state index contributed by atoms with van der Waals surface area (Å²) in [5.74, 6) is -0.683. The summed E-state index contributed by atoms with van der Waals surface area (Å²) in [4.78, 5) is -0.218. The minimum absolute atomic E-state index is 0. The lowest BCUT2D eigenvalue weighted by atomic mass is 10.2. The van der Waals surface area contributed by atoms with Gasteiger partial charge in [-0.15, -0.1) is 12.4 Å². The van der Waals surface area contributed by atoms with Crippen LogP contribution in [0.4, 0.5) is 4.39 Å². The maximum atomic E-state index is 13.7. The van der Waals surface area contributed by atoms with Gasteiger partial charge in [0.25, 0.3) is 0 Å². The summed E-state index contributed by atoms with van der Waals surface area (Å²) in [5.41, 5.74) is 0.739. The molecule has 0 spiro atoms. The molecule has 1 aliphatic rings. The van der Waals surface area contributed by atoms with Gasteiger partial charge in [0.1, 0.15) is 10.7 Å². The van der Waals surface area contributed by atoms with Crippen molar-refractivity contribution in [3.63, 3.8) is 0 Å². The topological polar surface area (TPSA) is 49.4 Å². The van der Waals surface area contributed by atoms with Crippen molar-refractivity contribution in [3.8, 4) is 0 Å². The van der Waals surface area contributed by atoms with Crippen molar-refractivity contribution in [1.29, 1.82) is 0 Å². The van der Waals surface area contributed by atoms with Gasteiger partial charge in [-0.3, -0.25) is 0 Å². The molecular formula is C12H18ClFN2O2S. The number of nitrogens with one attached hydrogen (secondary N) is 1. The van der Waals surface area contributed by atoms with Crippen molar-refractivity contribution in [2.45, 2.75) is 18.2 Å². The van der Waals surface area contributed by atoms with Crippen LogP contribution in [-0.2, 0) is 10.0 Å². The quantitative estimate of drug-likeness (QED) is 0.901. The molecule has 7 heteroatoms. The maximum Gasteiger partial charge on any atom is 0.246 e. The van der Waals surface area contributed by atoms with Crippen molar-refractivity contribution >= 4 is 22.4 Å². The highest BCUT2D eigenvalue weighted by Crippen LogP contribution is 2.21. The normalized spacial score (nSPS) is 17.6. The first-order valence-corrected chi connectivity index (χ1v) is 7.43. The van der Waals surface area contributed by atoms with Crippen molar-refractivity contribution in [2.75, 3.05) is 26.2 Å². The third-order valence-electron chi connectivity index (χ3n) is 3.00. The van der Waals surface area contributed by atoms with Crippen LogP contribution >= 0.6 is 12.4 Å². The Labute approximate surface area is 119 Å². The molecule has 108 valence electrons. The summed E-state index contributed by atoms with van der Waals surface area (Å²) in [6, 6.07) is 4.17. The number of halogens is 2. The zero-order chi connectivity index (χ0) is 13.2. The first-order chi connectivity index (χ1) is 8.51. The summed E-state index contributed by atoms with van der Waals surface area (Å²) in [6.07, 6.45) is 0.743. The van der Waals surface area contributed by atoms with E-state index >= 15 is 0 Å². The van der Waals surface area contributed by atoms with Crippen molar-refractivity contribution in [2.24, 2.45) is 0 Å². The fourth-order valence-electron chi connectivity index (χ4n) is 2.01. The van der Waals surface area contributed by atoms with Crippen molar-refractivity contribution in [3.05, 3.63) is 29.6 Å². The highest BCUT2D eigenvalue weighted by atomic mass is 35.5. The molecule has 0 amide bonds. The van der Waals surface area contributed by atoms with Crippen LogP contribution in [-0.4, -0.2) is 38.9 Å². The molecule has 0 saturated carbocycles. The van der Waals surface area contributed by atoms with Crippen LogP contribution in [0.1, 0.15) is 12.0 Å².